The van der Waals surface area contributed by atoms with Crippen LogP contribution in [0.4, 0.5) is 0 Å². The lowest BCUT2D eigenvalue weighted by Gasteiger charge is -2.07. The highest BCUT2D eigenvalue weighted by Gasteiger charge is 2.23. The summed E-state index contributed by atoms with van der Waals surface area (Å²) in [5.74, 6) is 1.38. The van der Waals surface area contributed by atoms with Crippen molar-refractivity contribution in [3.63, 3.8) is 0 Å². The zero-order valence-electron chi connectivity index (χ0n) is 11.5. The molecule has 0 radical (unpaired) electrons. The fraction of sp³-hybridized carbons (Fsp3) is 0.267. The van der Waals surface area contributed by atoms with E-state index in [1.54, 1.807) is 29.5 Å². The fourth-order valence-electron chi connectivity index (χ4n) is 2.73. The van der Waals surface area contributed by atoms with E-state index in [0.29, 0.717) is 16.4 Å². The van der Waals surface area contributed by atoms with Gasteiger partial charge in [0.15, 0.2) is 6.20 Å². The normalized spacial score (nSPS) is 13.6. The third kappa shape index (κ3) is 2.03. The van der Waals surface area contributed by atoms with Gasteiger partial charge in [0.05, 0.1) is 11.5 Å². The van der Waals surface area contributed by atoms with Crippen LogP contribution in [-0.4, -0.2) is 9.97 Å². The van der Waals surface area contributed by atoms with Crippen molar-refractivity contribution >= 4 is 21.6 Å². The zero-order chi connectivity index (χ0) is 14.4. The SMILES string of the molecule is Cc1nc(Oc2cccc[n+]2[O-])c2c3c(sc2n1)CCC3. The highest BCUT2D eigenvalue weighted by atomic mass is 32.1. The number of rotatable bonds is 2. The first kappa shape index (κ1) is 12.5. The molecule has 0 bridgehead atoms. The van der Waals surface area contributed by atoms with Gasteiger partial charge in [0.2, 0.25) is 5.88 Å². The highest BCUT2D eigenvalue weighted by Crippen LogP contribution is 2.41. The largest absolute Gasteiger partial charge is 0.616 e. The molecule has 21 heavy (non-hydrogen) atoms. The van der Waals surface area contributed by atoms with E-state index < -0.39 is 0 Å². The number of hydrogen-bond donors (Lipinski definition) is 0. The van der Waals surface area contributed by atoms with Crippen molar-refractivity contribution in [3.8, 4) is 11.8 Å². The van der Waals surface area contributed by atoms with Crippen LogP contribution in [0.25, 0.3) is 10.2 Å². The molecule has 0 N–H and O–H groups in total. The summed E-state index contributed by atoms with van der Waals surface area (Å²) < 4.78 is 6.50. The van der Waals surface area contributed by atoms with Gasteiger partial charge in [-0.2, -0.15) is 4.98 Å². The molecule has 0 aliphatic heterocycles. The fourth-order valence-corrected chi connectivity index (χ4v) is 4.03. The predicted molar refractivity (Wildman–Crippen MR) is 79.7 cm³/mol. The lowest BCUT2D eigenvalue weighted by Crippen LogP contribution is -2.27. The van der Waals surface area contributed by atoms with Crippen LogP contribution in [-0.2, 0) is 12.8 Å². The van der Waals surface area contributed by atoms with Crippen LogP contribution in [0.2, 0.25) is 0 Å². The topological polar surface area (TPSA) is 62.0 Å². The van der Waals surface area contributed by atoms with Crippen LogP contribution in [0.3, 0.4) is 0 Å². The van der Waals surface area contributed by atoms with Crippen molar-refractivity contribution < 1.29 is 9.47 Å². The third-order valence-corrected chi connectivity index (χ3v) is 4.82. The molecule has 1 aliphatic rings. The van der Waals surface area contributed by atoms with Gasteiger partial charge in [0.1, 0.15) is 10.7 Å². The van der Waals surface area contributed by atoms with E-state index in [0.717, 1.165) is 29.5 Å². The van der Waals surface area contributed by atoms with Crippen molar-refractivity contribution in [3.05, 3.63) is 45.9 Å². The summed E-state index contributed by atoms with van der Waals surface area (Å²) in [6.07, 6.45) is 4.71. The van der Waals surface area contributed by atoms with Gasteiger partial charge in [-0.25, -0.2) is 4.98 Å². The van der Waals surface area contributed by atoms with Crippen LogP contribution in [0.15, 0.2) is 24.4 Å². The maximum atomic E-state index is 11.8. The molecule has 6 heteroatoms. The quantitative estimate of drug-likeness (QED) is 0.539. The lowest BCUT2D eigenvalue weighted by atomic mass is 10.2. The molecule has 106 valence electrons. The first-order valence-corrected chi connectivity index (χ1v) is 7.69. The molecule has 0 amide bonds. The third-order valence-electron chi connectivity index (χ3n) is 3.63. The summed E-state index contributed by atoms with van der Waals surface area (Å²) in [4.78, 5) is 11.2. The molecule has 0 spiro atoms. The Morgan fingerprint density at radius 3 is 3.05 bits per heavy atom. The maximum Gasteiger partial charge on any atom is 0.386 e. The average Bonchev–Trinajstić information content (AvgIpc) is 3.01. The van der Waals surface area contributed by atoms with Gasteiger partial charge in [-0.15, -0.1) is 16.1 Å². The predicted octanol–water partition coefficient (Wildman–Crippen LogP) is 2.91. The van der Waals surface area contributed by atoms with E-state index >= 15 is 0 Å². The molecule has 4 rings (SSSR count). The Morgan fingerprint density at radius 2 is 2.19 bits per heavy atom. The molecule has 0 fully saturated rings. The molecule has 0 aromatic carbocycles. The van der Waals surface area contributed by atoms with Gasteiger partial charge < -0.3 is 9.94 Å². The first-order valence-electron chi connectivity index (χ1n) is 6.87. The second-order valence-corrected chi connectivity index (χ2v) is 6.16. The molecule has 5 nitrogen and oxygen atoms in total. The van der Waals surface area contributed by atoms with Crippen molar-refractivity contribution in [1.82, 2.24) is 9.97 Å². The Hall–Kier alpha value is -2.21. The summed E-state index contributed by atoms with van der Waals surface area (Å²) in [7, 11) is 0. The monoisotopic (exact) mass is 299 g/mol. The van der Waals surface area contributed by atoms with E-state index in [9.17, 15) is 5.21 Å². The Morgan fingerprint density at radius 1 is 1.29 bits per heavy atom. The van der Waals surface area contributed by atoms with Crippen molar-refractivity contribution in [2.75, 3.05) is 0 Å². The number of aryl methyl sites for hydroxylation is 3. The summed E-state index contributed by atoms with van der Waals surface area (Å²) in [6.45, 7) is 1.84. The van der Waals surface area contributed by atoms with E-state index in [-0.39, 0.29) is 5.88 Å². The second kappa shape index (κ2) is 4.66. The van der Waals surface area contributed by atoms with E-state index in [2.05, 4.69) is 9.97 Å². The van der Waals surface area contributed by atoms with Gasteiger partial charge in [-0.1, -0.05) is 0 Å². The average molecular weight is 299 g/mol. The van der Waals surface area contributed by atoms with Crippen LogP contribution in [0, 0.1) is 12.1 Å². The number of fused-ring (bicyclic) bond motifs is 3. The van der Waals surface area contributed by atoms with E-state index in [4.69, 9.17) is 4.74 Å². The summed E-state index contributed by atoms with van der Waals surface area (Å²) in [5.41, 5.74) is 1.29. The van der Waals surface area contributed by atoms with E-state index in [1.807, 2.05) is 6.92 Å². The van der Waals surface area contributed by atoms with Crippen LogP contribution < -0.4 is 9.47 Å². The molecule has 3 aromatic heterocycles. The number of thiophene rings is 1. The molecule has 0 saturated carbocycles. The molecular weight excluding hydrogens is 286 g/mol. The molecule has 0 atom stereocenters. The van der Waals surface area contributed by atoms with Crippen molar-refractivity contribution in [2.45, 2.75) is 26.2 Å². The number of aromatic nitrogens is 3. The summed E-state index contributed by atoms with van der Waals surface area (Å²) in [5, 5.41) is 12.7. The molecule has 1 aliphatic carbocycles. The van der Waals surface area contributed by atoms with Gasteiger partial charge in [-0.05, 0) is 37.8 Å². The minimum absolute atomic E-state index is 0.231. The number of ether oxygens (including phenoxy) is 1. The number of pyridine rings is 1. The van der Waals surface area contributed by atoms with Crippen molar-refractivity contribution in [1.29, 1.82) is 0 Å². The second-order valence-electron chi connectivity index (χ2n) is 5.08. The van der Waals surface area contributed by atoms with Crippen LogP contribution >= 0.6 is 11.3 Å². The van der Waals surface area contributed by atoms with Gasteiger partial charge >= 0.3 is 5.88 Å². The molecule has 0 unspecified atom stereocenters. The van der Waals surface area contributed by atoms with Gasteiger partial charge in [0.25, 0.3) is 0 Å². The Balaban J connectivity index is 1.90. The Labute approximate surface area is 125 Å². The highest BCUT2D eigenvalue weighted by molar-refractivity contribution is 7.19. The lowest BCUT2D eigenvalue weighted by molar-refractivity contribution is -0.611. The zero-order valence-corrected chi connectivity index (χ0v) is 12.3. The Bertz CT molecular complexity index is 844. The number of hydrogen-bond acceptors (Lipinski definition) is 5. The molecule has 0 saturated heterocycles. The summed E-state index contributed by atoms with van der Waals surface area (Å²) >= 11 is 1.71. The van der Waals surface area contributed by atoms with Crippen LogP contribution in [0.5, 0.6) is 11.8 Å². The van der Waals surface area contributed by atoms with E-state index in [1.165, 1.54) is 16.6 Å². The molecular formula is C15H13N3O2S. The standard InChI is InChI=1S/C15H13N3O2S/c1-9-16-14(20-12-7-2-3-8-18(12)19)13-10-5-4-6-11(10)21-15(13)17-9/h2-3,7-8H,4-6H2,1H3. The number of nitrogens with zero attached hydrogens (tertiary/aromatic N) is 3. The molecule has 3 aromatic rings. The van der Waals surface area contributed by atoms with Gasteiger partial charge in [-0.3, -0.25) is 0 Å². The minimum atomic E-state index is 0.231. The minimum Gasteiger partial charge on any atom is -0.616 e. The maximum absolute atomic E-state index is 11.8. The summed E-state index contributed by atoms with van der Waals surface area (Å²) in [6, 6.07) is 5.08. The molecule has 3 heterocycles. The van der Waals surface area contributed by atoms with Crippen molar-refractivity contribution in [2.24, 2.45) is 0 Å². The Kier molecular flexibility index (Phi) is 2.78. The smallest absolute Gasteiger partial charge is 0.386 e. The first-order chi connectivity index (χ1) is 10.2. The van der Waals surface area contributed by atoms with Gasteiger partial charge in [0, 0.05) is 10.9 Å². The van der Waals surface area contributed by atoms with Crippen LogP contribution in [0.1, 0.15) is 22.7 Å².